The molecule has 1 aliphatic rings. The van der Waals surface area contributed by atoms with E-state index in [4.69, 9.17) is 6.57 Å². The van der Waals surface area contributed by atoms with E-state index in [0.717, 1.165) is 5.69 Å². The van der Waals surface area contributed by atoms with E-state index in [1.165, 1.54) is 0 Å². The summed E-state index contributed by atoms with van der Waals surface area (Å²) in [5.74, 6) is 0. The zero-order chi connectivity index (χ0) is 9.97. The summed E-state index contributed by atoms with van der Waals surface area (Å²) in [6.07, 6.45) is 3.90. The molecule has 15 heavy (non-hydrogen) atoms. The van der Waals surface area contributed by atoms with Crippen LogP contribution in [0, 0.1) is 19.3 Å². The maximum Gasteiger partial charge on any atom is 0.208 e. The Bertz CT molecular complexity index is 391. The standard InChI is InChI=1S/C11H9N3.Ir/c1-12-10-3-5-11(6-4-10)14-8-7-13(2)9-14;/h3-5,7-9H,2H3;/q-2;. The fourth-order valence-electron chi connectivity index (χ4n) is 1.23. The van der Waals surface area contributed by atoms with Gasteiger partial charge < -0.3 is 9.80 Å². The molecule has 0 fully saturated rings. The van der Waals surface area contributed by atoms with Gasteiger partial charge in [-0.1, -0.05) is 12.1 Å². The maximum atomic E-state index is 6.82. The van der Waals surface area contributed by atoms with E-state index in [9.17, 15) is 0 Å². The molecule has 0 saturated carbocycles. The molecule has 0 bridgehead atoms. The summed E-state index contributed by atoms with van der Waals surface area (Å²) in [7, 11) is 1.96. The first-order valence-corrected chi connectivity index (χ1v) is 4.22. The molecule has 0 spiro atoms. The van der Waals surface area contributed by atoms with Crippen LogP contribution in [0.1, 0.15) is 0 Å². The third-order valence-electron chi connectivity index (χ3n) is 1.96. The smallest absolute Gasteiger partial charge is 0.208 e. The largest absolute Gasteiger partial charge is 0.510 e. The van der Waals surface area contributed by atoms with E-state index < -0.39 is 0 Å². The van der Waals surface area contributed by atoms with Crippen molar-refractivity contribution in [1.82, 2.24) is 4.90 Å². The molecule has 0 unspecified atom stereocenters. The molecule has 3 nitrogen and oxygen atoms in total. The Morgan fingerprint density at radius 2 is 2.20 bits per heavy atom. The molecule has 0 N–H and O–H groups in total. The first kappa shape index (κ1) is 11.8. The van der Waals surface area contributed by atoms with Gasteiger partial charge in [-0.2, -0.15) is 12.7 Å². The minimum atomic E-state index is 0. The second-order valence-corrected chi connectivity index (χ2v) is 3.03. The van der Waals surface area contributed by atoms with Crippen LogP contribution in [-0.2, 0) is 20.1 Å². The molecule has 2 rings (SSSR count). The van der Waals surface area contributed by atoms with E-state index in [2.05, 4.69) is 10.9 Å². The Labute approximate surface area is 103 Å². The van der Waals surface area contributed by atoms with E-state index in [1.54, 1.807) is 12.1 Å². The fraction of sp³-hybridized carbons (Fsp3) is 0.0909. The Morgan fingerprint density at radius 1 is 1.40 bits per heavy atom. The van der Waals surface area contributed by atoms with E-state index in [1.807, 2.05) is 42.0 Å². The van der Waals surface area contributed by atoms with Gasteiger partial charge in [0.15, 0.2) is 0 Å². The molecule has 1 aromatic rings. The van der Waals surface area contributed by atoms with Gasteiger partial charge in [0.25, 0.3) is 0 Å². The first-order valence-electron chi connectivity index (χ1n) is 4.22. The second-order valence-electron chi connectivity index (χ2n) is 3.03. The van der Waals surface area contributed by atoms with Crippen molar-refractivity contribution in [2.45, 2.75) is 0 Å². The van der Waals surface area contributed by atoms with Crippen molar-refractivity contribution in [3.8, 4) is 0 Å². The molecule has 1 heterocycles. The number of nitrogens with zero attached hydrogens (tertiary/aromatic N) is 3. The Hall–Kier alpha value is -1.30. The zero-order valence-corrected chi connectivity index (χ0v) is 10.5. The van der Waals surface area contributed by atoms with Crippen molar-refractivity contribution in [2.75, 3.05) is 11.9 Å². The minimum Gasteiger partial charge on any atom is -0.510 e. The molecule has 0 aliphatic carbocycles. The summed E-state index contributed by atoms with van der Waals surface area (Å²) in [6.45, 7) is 8.76. The first-order chi connectivity index (χ1) is 6.79. The van der Waals surface area contributed by atoms with E-state index in [0.29, 0.717) is 5.69 Å². The molecule has 4 heteroatoms. The summed E-state index contributed by atoms with van der Waals surface area (Å²) >= 11 is 0. The van der Waals surface area contributed by atoms with Gasteiger partial charge in [0.05, 0.1) is 0 Å². The van der Waals surface area contributed by atoms with E-state index >= 15 is 0 Å². The number of rotatable bonds is 1. The van der Waals surface area contributed by atoms with Crippen LogP contribution in [-0.4, -0.2) is 11.9 Å². The summed E-state index contributed by atoms with van der Waals surface area (Å²) < 4.78 is 0. The van der Waals surface area contributed by atoms with Gasteiger partial charge in [-0.3, -0.25) is 0 Å². The number of hydrogen-bond donors (Lipinski definition) is 0. The normalized spacial score (nSPS) is 13.6. The van der Waals surface area contributed by atoms with Gasteiger partial charge >= 0.3 is 0 Å². The van der Waals surface area contributed by atoms with Crippen LogP contribution in [0.15, 0.2) is 30.6 Å². The van der Waals surface area contributed by atoms with Crippen LogP contribution in [0.25, 0.3) is 4.85 Å². The summed E-state index contributed by atoms with van der Waals surface area (Å²) in [5, 5.41) is 0. The topological polar surface area (TPSA) is 10.8 Å². The van der Waals surface area contributed by atoms with Gasteiger partial charge in [-0.05, 0) is 19.4 Å². The van der Waals surface area contributed by atoms with Crippen molar-refractivity contribution < 1.29 is 20.1 Å². The summed E-state index contributed by atoms with van der Waals surface area (Å²) in [4.78, 5) is 7.22. The fourth-order valence-corrected chi connectivity index (χ4v) is 1.23. The third kappa shape index (κ3) is 2.59. The Balaban J connectivity index is 0.00000112. The number of hydrogen-bond acceptors (Lipinski definition) is 2. The van der Waals surface area contributed by atoms with Crippen molar-refractivity contribution in [3.05, 3.63) is 54.8 Å². The average molecular weight is 375 g/mol. The van der Waals surface area contributed by atoms with Gasteiger partial charge in [0.1, 0.15) is 6.57 Å². The van der Waals surface area contributed by atoms with Crippen molar-refractivity contribution in [3.63, 3.8) is 0 Å². The number of benzene rings is 1. The molecule has 0 atom stereocenters. The molecule has 0 aromatic heterocycles. The average Bonchev–Trinajstić information content (AvgIpc) is 2.65. The summed E-state index contributed by atoms with van der Waals surface area (Å²) in [5.41, 5.74) is 1.56. The predicted octanol–water partition coefficient (Wildman–Crippen LogP) is 2.38. The van der Waals surface area contributed by atoms with Crippen LogP contribution < -0.4 is 4.90 Å². The Morgan fingerprint density at radius 3 is 2.67 bits per heavy atom. The Kier molecular flexibility index (Phi) is 3.90. The van der Waals surface area contributed by atoms with Gasteiger partial charge in [0.2, 0.25) is 5.69 Å². The number of anilines is 1. The van der Waals surface area contributed by atoms with Gasteiger partial charge in [-0.15, -0.1) is 11.8 Å². The molecule has 79 valence electrons. The van der Waals surface area contributed by atoms with Crippen LogP contribution in [0.5, 0.6) is 0 Å². The van der Waals surface area contributed by atoms with Crippen molar-refractivity contribution in [2.24, 2.45) is 0 Å². The predicted molar refractivity (Wildman–Crippen MR) is 55.2 cm³/mol. The molecule has 1 aromatic carbocycles. The van der Waals surface area contributed by atoms with Gasteiger partial charge in [-0.25, -0.2) is 4.85 Å². The molecule has 1 aliphatic heterocycles. The third-order valence-corrected chi connectivity index (χ3v) is 1.96. The zero-order valence-electron chi connectivity index (χ0n) is 8.14. The van der Waals surface area contributed by atoms with Crippen LogP contribution in [0.2, 0.25) is 0 Å². The monoisotopic (exact) mass is 376 g/mol. The van der Waals surface area contributed by atoms with Crippen molar-refractivity contribution in [1.29, 1.82) is 0 Å². The van der Waals surface area contributed by atoms with Crippen LogP contribution in [0.4, 0.5) is 11.4 Å². The van der Waals surface area contributed by atoms with Crippen molar-refractivity contribution >= 4 is 11.4 Å². The second kappa shape index (κ2) is 4.97. The summed E-state index contributed by atoms with van der Waals surface area (Å²) in [6, 6.07) is 8.42. The van der Waals surface area contributed by atoms with Gasteiger partial charge in [0, 0.05) is 20.1 Å². The SMILES string of the molecule is [C-]#[N+]c1c[c-]c(N2C=CN(C)[CH-]2)cc1.[Ir]. The molecular formula is C11H9IrN3-2. The molecule has 0 amide bonds. The van der Waals surface area contributed by atoms with Crippen LogP contribution in [0.3, 0.4) is 0 Å². The van der Waals surface area contributed by atoms with Crippen LogP contribution >= 0.6 is 0 Å². The minimum absolute atomic E-state index is 0. The molecule has 0 saturated heterocycles. The maximum absolute atomic E-state index is 6.82. The van der Waals surface area contributed by atoms with E-state index in [-0.39, 0.29) is 20.1 Å². The molecule has 1 radical (unpaired) electrons. The molecular weight excluding hydrogens is 366 g/mol. The quantitative estimate of drug-likeness (QED) is 0.698.